The van der Waals surface area contributed by atoms with Crippen molar-refractivity contribution in [3.63, 3.8) is 0 Å². The Morgan fingerprint density at radius 3 is 2.57 bits per heavy atom. The van der Waals surface area contributed by atoms with Crippen molar-refractivity contribution in [3.8, 4) is 16.1 Å². The fourth-order valence-electron chi connectivity index (χ4n) is 5.16. The maximum Gasteiger partial charge on any atom is 0.341 e. The molecule has 1 atom stereocenters. The number of thiophene rings is 2. The summed E-state index contributed by atoms with van der Waals surface area (Å²) < 4.78 is 6.91. The van der Waals surface area contributed by atoms with Crippen molar-refractivity contribution in [1.29, 1.82) is 0 Å². The third kappa shape index (κ3) is 5.66. The molecule has 0 bridgehead atoms. The van der Waals surface area contributed by atoms with Gasteiger partial charge in [0.25, 0.3) is 5.56 Å². The first-order valence-corrected chi connectivity index (χ1v) is 16.5. The molecule has 5 aromatic rings. The van der Waals surface area contributed by atoms with Crippen molar-refractivity contribution >= 4 is 61.5 Å². The summed E-state index contributed by atoms with van der Waals surface area (Å²) in [6.45, 7) is 4.25. The molecule has 0 fully saturated rings. The molecule has 42 heavy (non-hydrogen) atoms. The molecule has 0 radical (unpaired) electrons. The Morgan fingerprint density at radius 2 is 1.83 bits per heavy atom. The van der Waals surface area contributed by atoms with Crippen LogP contribution in [0.15, 0.2) is 76.7 Å². The van der Waals surface area contributed by atoms with Crippen LogP contribution in [0, 0.1) is 5.92 Å². The van der Waals surface area contributed by atoms with E-state index in [4.69, 9.17) is 9.72 Å². The maximum atomic E-state index is 13.8. The molecule has 2 aromatic carbocycles. The zero-order valence-corrected chi connectivity index (χ0v) is 25.7. The summed E-state index contributed by atoms with van der Waals surface area (Å²) in [5, 5.41) is 4.48. The predicted molar refractivity (Wildman–Crippen MR) is 171 cm³/mol. The standard InChI is InChI=1S/C32H29N3O4S3/c1-3-39-31(38)27-22-15-14-19(2)16-25(22)42-29(27)33-26(36)18-40-32-34-28-23(17-24(41-28)20-10-6-4-7-11-20)30(37)35(32)21-12-8-5-9-13-21/h4-13,17,19H,3,14-16,18H2,1-2H3,(H,33,36)/t19-/m0/s1. The molecule has 0 saturated carbocycles. The number of nitrogens with one attached hydrogen (secondary N) is 1. The summed E-state index contributed by atoms with van der Waals surface area (Å²) in [4.78, 5) is 47.6. The Kier molecular flexibility index (Phi) is 8.28. The van der Waals surface area contributed by atoms with E-state index < -0.39 is 5.97 Å². The third-order valence-corrected chi connectivity index (χ3v) is 10.4. The molecule has 0 unspecified atom stereocenters. The molecule has 1 aliphatic rings. The number of nitrogens with zero attached hydrogens (tertiary/aromatic N) is 2. The minimum Gasteiger partial charge on any atom is -0.462 e. The number of para-hydroxylation sites is 1. The second-order valence-electron chi connectivity index (χ2n) is 10.2. The quantitative estimate of drug-likeness (QED) is 0.113. The van der Waals surface area contributed by atoms with Crippen molar-refractivity contribution in [1.82, 2.24) is 9.55 Å². The molecule has 6 rings (SSSR count). The Balaban J connectivity index is 1.31. The minimum atomic E-state index is -0.399. The van der Waals surface area contributed by atoms with Gasteiger partial charge in [0.05, 0.1) is 29.0 Å². The van der Waals surface area contributed by atoms with Crippen LogP contribution < -0.4 is 10.9 Å². The number of ether oxygens (including phenoxy) is 1. The lowest BCUT2D eigenvalue weighted by Crippen LogP contribution is -2.22. The van der Waals surface area contributed by atoms with Crippen molar-refractivity contribution in [2.24, 2.45) is 5.92 Å². The molecule has 0 aliphatic heterocycles. The SMILES string of the molecule is CCOC(=O)c1c(NC(=O)CSc2nc3sc(-c4ccccc4)cc3c(=O)n2-c2ccccc2)sc2c1CC[C@H](C)C2. The van der Waals surface area contributed by atoms with E-state index in [0.29, 0.717) is 37.5 Å². The van der Waals surface area contributed by atoms with Gasteiger partial charge in [-0.1, -0.05) is 67.2 Å². The van der Waals surface area contributed by atoms with E-state index >= 15 is 0 Å². The van der Waals surface area contributed by atoms with Gasteiger partial charge in [0.1, 0.15) is 9.83 Å². The van der Waals surface area contributed by atoms with E-state index in [1.807, 2.05) is 66.7 Å². The summed E-state index contributed by atoms with van der Waals surface area (Å²) in [5.74, 6) is -0.129. The lowest BCUT2D eigenvalue weighted by molar-refractivity contribution is -0.113. The van der Waals surface area contributed by atoms with Gasteiger partial charge < -0.3 is 10.1 Å². The van der Waals surface area contributed by atoms with E-state index in [1.54, 1.807) is 11.5 Å². The molecule has 10 heteroatoms. The van der Waals surface area contributed by atoms with Crippen LogP contribution in [-0.4, -0.2) is 33.8 Å². The number of benzene rings is 2. The Morgan fingerprint density at radius 1 is 1.10 bits per heavy atom. The predicted octanol–water partition coefficient (Wildman–Crippen LogP) is 7.21. The van der Waals surface area contributed by atoms with Crippen LogP contribution in [-0.2, 0) is 22.4 Å². The molecule has 3 heterocycles. The number of hydrogen-bond acceptors (Lipinski definition) is 8. The Labute approximate surface area is 255 Å². The van der Waals surface area contributed by atoms with Crippen molar-refractivity contribution in [2.45, 2.75) is 38.3 Å². The van der Waals surface area contributed by atoms with Gasteiger partial charge in [-0.3, -0.25) is 14.2 Å². The number of hydrogen-bond donors (Lipinski definition) is 1. The highest BCUT2D eigenvalue weighted by molar-refractivity contribution is 7.99. The van der Waals surface area contributed by atoms with Gasteiger partial charge in [-0.05, 0) is 61.4 Å². The number of rotatable bonds is 8. The highest BCUT2D eigenvalue weighted by Gasteiger charge is 2.29. The average Bonchev–Trinajstić information content (AvgIpc) is 3.58. The first-order valence-electron chi connectivity index (χ1n) is 13.8. The molecule has 0 spiro atoms. The number of aromatic nitrogens is 2. The van der Waals surface area contributed by atoms with Crippen LogP contribution in [0.3, 0.4) is 0 Å². The number of anilines is 1. The van der Waals surface area contributed by atoms with Crippen molar-refractivity contribution in [3.05, 3.63) is 93.1 Å². The number of carbonyl (C=O) groups excluding carboxylic acids is 2. The summed E-state index contributed by atoms with van der Waals surface area (Å²) in [6, 6.07) is 21.1. The zero-order valence-electron chi connectivity index (χ0n) is 23.2. The Hall–Kier alpha value is -3.73. The summed E-state index contributed by atoms with van der Waals surface area (Å²) >= 11 is 4.12. The van der Waals surface area contributed by atoms with E-state index in [9.17, 15) is 14.4 Å². The van der Waals surface area contributed by atoms with Crippen LogP contribution >= 0.6 is 34.4 Å². The van der Waals surface area contributed by atoms with E-state index in [-0.39, 0.29) is 23.8 Å². The van der Waals surface area contributed by atoms with Gasteiger partial charge in [-0.25, -0.2) is 9.78 Å². The maximum absolute atomic E-state index is 13.8. The van der Waals surface area contributed by atoms with Gasteiger partial charge in [-0.2, -0.15) is 0 Å². The smallest absolute Gasteiger partial charge is 0.341 e. The van der Waals surface area contributed by atoms with Gasteiger partial charge in [-0.15, -0.1) is 22.7 Å². The van der Waals surface area contributed by atoms with Gasteiger partial charge >= 0.3 is 5.97 Å². The van der Waals surface area contributed by atoms with Crippen LogP contribution in [0.25, 0.3) is 26.3 Å². The van der Waals surface area contributed by atoms with E-state index in [0.717, 1.165) is 40.1 Å². The normalized spacial score (nSPS) is 14.5. The fourth-order valence-corrected chi connectivity index (χ4v) is 8.46. The van der Waals surface area contributed by atoms with Crippen LogP contribution in [0.2, 0.25) is 0 Å². The van der Waals surface area contributed by atoms with E-state index in [1.165, 1.54) is 34.4 Å². The minimum absolute atomic E-state index is 0.0168. The number of thioether (sulfide) groups is 1. The van der Waals surface area contributed by atoms with Gasteiger partial charge in [0.2, 0.25) is 5.91 Å². The molecule has 1 amide bonds. The number of esters is 1. The molecular weight excluding hydrogens is 587 g/mol. The van der Waals surface area contributed by atoms with Crippen molar-refractivity contribution in [2.75, 3.05) is 17.7 Å². The second-order valence-corrected chi connectivity index (χ2v) is 13.3. The van der Waals surface area contributed by atoms with Gasteiger partial charge in [0.15, 0.2) is 5.16 Å². The fraction of sp³-hybridized carbons (Fsp3) is 0.250. The average molecular weight is 616 g/mol. The van der Waals surface area contributed by atoms with Crippen molar-refractivity contribution < 1.29 is 14.3 Å². The topological polar surface area (TPSA) is 90.3 Å². The summed E-state index contributed by atoms with van der Waals surface area (Å²) in [7, 11) is 0. The van der Waals surface area contributed by atoms with Crippen LogP contribution in [0.1, 0.15) is 41.1 Å². The molecule has 1 N–H and O–H groups in total. The molecule has 7 nitrogen and oxygen atoms in total. The zero-order chi connectivity index (χ0) is 29.2. The molecule has 0 saturated heterocycles. The summed E-state index contributed by atoms with van der Waals surface area (Å²) in [5.41, 5.74) is 2.99. The molecular formula is C32H29N3O4S3. The highest BCUT2D eigenvalue weighted by atomic mass is 32.2. The molecule has 1 aliphatic carbocycles. The molecule has 214 valence electrons. The third-order valence-electron chi connectivity index (χ3n) is 7.18. The first kappa shape index (κ1) is 28.4. The van der Waals surface area contributed by atoms with Crippen LogP contribution in [0.5, 0.6) is 0 Å². The lowest BCUT2D eigenvalue weighted by Gasteiger charge is -2.18. The first-order chi connectivity index (χ1) is 20.4. The largest absolute Gasteiger partial charge is 0.462 e. The number of amides is 1. The Bertz CT molecular complexity index is 1830. The summed E-state index contributed by atoms with van der Waals surface area (Å²) in [6.07, 6.45) is 2.68. The lowest BCUT2D eigenvalue weighted by atomic mass is 9.88. The van der Waals surface area contributed by atoms with Crippen LogP contribution in [0.4, 0.5) is 5.00 Å². The monoisotopic (exact) mass is 615 g/mol. The van der Waals surface area contributed by atoms with E-state index in [2.05, 4.69) is 12.2 Å². The number of carbonyl (C=O) groups is 2. The number of fused-ring (bicyclic) bond motifs is 2. The van der Waals surface area contributed by atoms with Gasteiger partial charge in [0, 0.05) is 9.75 Å². The highest BCUT2D eigenvalue weighted by Crippen LogP contribution is 2.40. The second kappa shape index (κ2) is 12.2. The molecule has 3 aromatic heterocycles.